The van der Waals surface area contributed by atoms with Gasteiger partial charge in [-0.25, -0.2) is 9.78 Å². The van der Waals surface area contributed by atoms with Crippen molar-refractivity contribution >= 4 is 28.9 Å². The van der Waals surface area contributed by atoms with E-state index >= 15 is 0 Å². The van der Waals surface area contributed by atoms with E-state index in [0.29, 0.717) is 11.9 Å². The molecule has 0 spiro atoms. The summed E-state index contributed by atoms with van der Waals surface area (Å²) in [5, 5.41) is -1.16. The SMILES string of the molecule is O=C(OC(c1ccc(OCc2ccccc2)c(Cl)c1)C(F)(F)F)Sn1ccnc1. The van der Waals surface area contributed by atoms with E-state index in [-0.39, 0.29) is 22.9 Å². The maximum absolute atomic E-state index is 13.5. The first-order valence-corrected chi connectivity index (χ1v) is 9.38. The molecule has 1 unspecified atom stereocenters. The summed E-state index contributed by atoms with van der Waals surface area (Å²) >= 11 is 6.53. The molecule has 152 valence electrons. The lowest BCUT2D eigenvalue weighted by atomic mass is 10.1. The second-order valence-electron chi connectivity index (χ2n) is 5.77. The van der Waals surface area contributed by atoms with E-state index in [2.05, 4.69) is 9.72 Å². The first-order valence-electron chi connectivity index (χ1n) is 8.23. The molecular weight excluding hydrogens is 429 g/mol. The van der Waals surface area contributed by atoms with Gasteiger partial charge in [-0.15, -0.1) is 0 Å². The number of imidazole rings is 1. The van der Waals surface area contributed by atoms with Gasteiger partial charge in [-0.05, 0) is 17.7 Å². The van der Waals surface area contributed by atoms with E-state index in [4.69, 9.17) is 16.3 Å². The van der Waals surface area contributed by atoms with Crippen molar-refractivity contribution in [1.29, 1.82) is 0 Å². The van der Waals surface area contributed by atoms with Gasteiger partial charge >= 0.3 is 11.5 Å². The lowest BCUT2D eigenvalue weighted by molar-refractivity contribution is -0.204. The Balaban J connectivity index is 1.72. The second-order valence-corrected chi connectivity index (χ2v) is 7.11. The lowest BCUT2D eigenvalue weighted by Gasteiger charge is -2.21. The van der Waals surface area contributed by atoms with E-state index in [9.17, 15) is 18.0 Å². The molecule has 0 radical (unpaired) electrons. The summed E-state index contributed by atoms with van der Waals surface area (Å²) in [6.45, 7) is 0.207. The Morgan fingerprint density at radius 2 is 1.97 bits per heavy atom. The summed E-state index contributed by atoms with van der Waals surface area (Å²) in [6.07, 6.45) is -3.23. The minimum absolute atomic E-state index is 0.0222. The topological polar surface area (TPSA) is 53.4 Å². The van der Waals surface area contributed by atoms with E-state index in [0.717, 1.165) is 11.6 Å². The van der Waals surface area contributed by atoms with Gasteiger partial charge in [-0.2, -0.15) is 13.2 Å². The van der Waals surface area contributed by atoms with Crippen molar-refractivity contribution in [3.05, 3.63) is 83.4 Å². The molecule has 0 aliphatic heterocycles. The average Bonchev–Trinajstić information content (AvgIpc) is 3.18. The van der Waals surface area contributed by atoms with Crippen molar-refractivity contribution < 1.29 is 27.4 Å². The zero-order valence-corrected chi connectivity index (χ0v) is 16.2. The number of halogens is 4. The predicted molar refractivity (Wildman–Crippen MR) is 103 cm³/mol. The van der Waals surface area contributed by atoms with Gasteiger partial charge in [-0.1, -0.05) is 48.0 Å². The van der Waals surface area contributed by atoms with Crippen LogP contribution in [0.3, 0.4) is 0 Å². The highest BCUT2D eigenvalue weighted by atomic mass is 35.5. The number of hydrogen-bond acceptors (Lipinski definition) is 5. The molecule has 0 bridgehead atoms. The van der Waals surface area contributed by atoms with Gasteiger partial charge in [0, 0.05) is 18.0 Å². The number of hydrogen-bond donors (Lipinski definition) is 0. The third-order valence-electron chi connectivity index (χ3n) is 3.67. The first-order chi connectivity index (χ1) is 13.8. The number of alkyl halides is 3. The van der Waals surface area contributed by atoms with Crippen LogP contribution in [0.15, 0.2) is 67.3 Å². The molecule has 5 nitrogen and oxygen atoms in total. The van der Waals surface area contributed by atoms with Crippen LogP contribution in [0.1, 0.15) is 17.2 Å². The summed E-state index contributed by atoms with van der Waals surface area (Å²) in [5.74, 6) is 0.222. The van der Waals surface area contributed by atoms with E-state index in [1.54, 1.807) is 0 Å². The van der Waals surface area contributed by atoms with Gasteiger partial charge < -0.3 is 9.47 Å². The molecule has 1 aromatic heterocycles. The van der Waals surface area contributed by atoms with Crippen LogP contribution in [-0.2, 0) is 11.3 Å². The Labute approximate surface area is 173 Å². The van der Waals surface area contributed by atoms with Crippen LogP contribution >= 0.6 is 23.5 Å². The number of benzene rings is 2. The van der Waals surface area contributed by atoms with Crippen LogP contribution in [0, 0.1) is 0 Å². The summed E-state index contributed by atoms with van der Waals surface area (Å²) in [7, 11) is 0. The standard InChI is InChI=1S/C19H14ClF3N2O3S/c20-15-10-14(6-7-16(15)27-11-13-4-2-1-3-5-13)17(19(21,22)23)28-18(26)29-25-9-8-24-12-25/h1-10,12,17H,11H2. The van der Waals surface area contributed by atoms with Crippen LogP contribution in [0.5, 0.6) is 5.75 Å². The first kappa shape index (κ1) is 21.1. The van der Waals surface area contributed by atoms with Crippen molar-refractivity contribution in [3.8, 4) is 5.75 Å². The number of carbonyl (C=O) groups is 1. The zero-order chi connectivity index (χ0) is 20.9. The summed E-state index contributed by atoms with van der Waals surface area (Å²) < 4.78 is 51.8. The Kier molecular flexibility index (Phi) is 6.71. The van der Waals surface area contributed by atoms with E-state index < -0.39 is 17.6 Å². The number of rotatable bonds is 6. The molecule has 0 amide bonds. The Bertz CT molecular complexity index is 953. The van der Waals surface area contributed by atoms with Crippen molar-refractivity contribution in [2.75, 3.05) is 0 Å². The number of carbonyl (C=O) groups excluding carboxylic acids is 1. The van der Waals surface area contributed by atoms with Gasteiger partial charge in [0.25, 0.3) is 0 Å². The predicted octanol–water partition coefficient (Wildman–Crippen LogP) is 6.05. The molecule has 0 aliphatic rings. The van der Waals surface area contributed by atoms with Gasteiger partial charge in [0.2, 0.25) is 6.10 Å². The smallest absolute Gasteiger partial charge is 0.429 e. The Morgan fingerprint density at radius 3 is 2.59 bits per heavy atom. The molecule has 0 saturated heterocycles. The highest BCUT2D eigenvalue weighted by Gasteiger charge is 2.44. The van der Waals surface area contributed by atoms with Gasteiger partial charge in [0.15, 0.2) is 0 Å². The minimum atomic E-state index is -4.82. The third kappa shape index (κ3) is 5.91. The number of aromatic nitrogens is 2. The molecule has 0 saturated carbocycles. The number of ether oxygens (including phenoxy) is 2. The molecule has 0 fully saturated rings. The van der Waals surface area contributed by atoms with Crippen LogP contribution in [-0.4, -0.2) is 20.4 Å². The zero-order valence-electron chi connectivity index (χ0n) is 14.7. The normalized spacial score (nSPS) is 12.4. The highest BCUT2D eigenvalue weighted by molar-refractivity contribution is 8.11. The second kappa shape index (κ2) is 9.23. The molecule has 3 rings (SSSR count). The van der Waals surface area contributed by atoms with Crippen molar-refractivity contribution in [2.45, 2.75) is 18.9 Å². The molecule has 29 heavy (non-hydrogen) atoms. The fourth-order valence-corrected chi connectivity index (χ4v) is 3.13. The maximum atomic E-state index is 13.5. The molecule has 3 aromatic rings. The number of nitrogens with zero attached hydrogens (tertiary/aromatic N) is 2. The summed E-state index contributed by atoms with van der Waals surface area (Å²) in [4.78, 5) is 15.6. The van der Waals surface area contributed by atoms with Gasteiger partial charge in [0.1, 0.15) is 18.7 Å². The summed E-state index contributed by atoms with van der Waals surface area (Å²) in [6, 6.07) is 12.8. The van der Waals surface area contributed by atoms with Crippen LogP contribution < -0.4 is 4.74 Å². The Hall–Kier alpha value is -2.65. The quantitative estimate of drug-likeness (QED) is 0.435. The van der Waals surface area contributed by atoms with Crippen LogP contribution in [0.2, 0.25) is 5.02 Å². The average molecular weight is 443 g/mol. The van der Waals surface area contributed by atoms with Gasteiger partial charge in [0.05, 0.1) is 17.0 Å². The van der Waals surface area contributed by atoms with Crippen molar-refractivity contribution in [3.63, 3.8) is 0 Å². The molecule has 10 heteroatoms. The third-order valence-corrected chi connectivity index (χ3v) is 4.63. The van der Waals surface area contributed by atoms with E-state index in [1.807, 2.05) is 30.3 Å². The fourth-order valence-electron chi connectivity index (χ4n) is 2.36. The minimum Gasteiger partial charge on any atom is -0.487 e. The van der Waals surface area contributed by atoms with Crippen molar-refractivity contribution in [2.24, 2.45) is 0 Å². The maximum Gasteiger partial charge on any atom is 0.429 e. The lowest BCUT2D eigenvalue weighted by Crippen LogP contribution is -2.25. The fraction of sp³-hybridized carbons (Fsp3) is 0.158. The monoisotopic (exact) mass is 442 g/mol. The Morgan fingerprint density at radius 1 is 1.21 bits per heavy atom. The molecule has 2 aromatic carbocycles. The molecular formula is C19H14ClF3N2O3S. The largest absolute Gasteiger partial charge is 0.487 e. The van der Waals surface area contributed by atoms with Gasteiger partial charge in [-0.3, -0.25) is 3.97 Å². The molecule has 1 atom stereocenters. The molecule has 1 heterocycles. The molecule has 0 N–H and O–H groups in total. The van der Waals surface area contributed by atoms with Crippen LogP contribution in [0.25, 0.3) is 0 Å². The van der Waals surface area contributed by atoms with E-state index in [1.165, 1.54) is 34.8 Å². The highest BCUT2D eigenvalue weighted by Crippen LogP contribution is 2.39. The van der Waals surface area contributed by atoms with Crippen molar-refractivity contribution in [1.82, 2.24) is 8.96 Å². The van der Waals surface area contributed by atoms with Crippen LogP contribution in [0.4, 0.5) is 18.0 Å². The summed E-state index contributed by atoms with van der Waals surface area (Å²) in [5.41, 5.74) is 0.570. The molecule has 0 aliphatic carbocycles.